The van der Waals surface area contributed by atoms with Gasteiger partial charge in [0.05, 0.1) is 0 Å². The van der Waals surface area contributed by atoms with Crippen molar-refractivity contribution >= 4 is 0 Å². The van der Waals surface area contributed by atoms with E-state index in [1.165, 1.54) is 19.3 Å². The number of hydrogen-bond donors (Lipinski definition) is 1. The van der Waals surface area contributed by atoms with E-state index in [1.54, 1.807) is 0 Å². The maximum atomic E-state index is 13.1. The molecule has 0 spiro atoms. The Kier molecular flexibility index (Phi) is 6.39. The minimum absolute atomic E-state index is 0.103. The van der Waals surface area contributed by atoms with Crippen LogP contribution in [0.5, 0.6) is 0 Å². The van der Waals surface area contributed by atoms with Gasteiger partial charge in [0.1, 0.15) is 0 Å². The van der Waals surface area contributed by atoms with Crippen molar-refractivity contribution in [2.45, 2.75) is 77.2 Å². The quantitative estimate of drug-likeness (QED) is 0.628. The molecule has 1 saturated carbocycles. The molecule has 0 bridgehead atoms. The van der Waals surface area contributed by atoms with Crippen LogP contribution < -0.4 is 5.32 Å². The van der Waals surface area contributed by atoms with Crippen LogP contribution in [0.25, 0.3) is 0 Å². The fraction of sp³-hybridized carbons (Fsp3) is 1.00. The van der Waals surface area contributed by atoms with Gasteiger partial charge in [-0.1, -0.05) is 33.1 Å². The van der Waals surface area contributed by atoms with Gasteiger partial charge in [0, 0.05) is 18.9 Å². The molecule has 2 atom stereocenters. The lowest BCUT2D eigenvalue weighted by atomic mass is 9.94. The summed E-state index contributed by atoms with van der Waals surface area (Å²) in [6, 6.07) is 0.449. The number of unbranched alkanes of at least 4 members (excludes halogenated alkanes) is 2. The number of rotatable bonds is 8. The molecule has 0 aromatic rings. The van der Waals surface area contributed by atoms with Crippen molar-refractivity contribution in [3.05, 3.63) is 0 Å². The average molecular weight is 247 g/mol. The van der Waals surface area contributed by atoms with Crippen molar-refractivity contribution < 1.29 is 8.78 Å². The zero-order valence-corrected chi connectivity index (χ0v) is 11.3. The van der Waals surface area contributed by atoms with E-state index in [0.717, 1.165) is 19.4 Å². The smallest absolute Gasteiger partial charge is 0.248 e. The van der Waals surface area contributed by atoms with Crippen LogP contribution in [0, 0.1) is 5.92 Å². The van der Waals surface area contributed by atoms with Crippen molar-refractivity contribution in [1.29, 1.82) is 0 Å². The lowest BCUT2D eigenvalue weighted by Crippen LogP contribution is -2.31. The summed E-state index contributed by atoms with van der Waals surface area (Å²) in [5.41, 5.74) is 0. The van der Waals surface area contributed by atoms with Gasteiger partial charge in [0.15, 0.2) is 0 Å². The molecule has 102 valence electrons. The highest BCUT2D eigenvalue weighted by Crippen LogP contribution is 2.41. The Hall–Kier alpha value is -0.180. The van der Waals surface area contributed by atoms with Crippen LogP contribution in [0.15, 0.2) is 0 Å². The second kappa shape index (κ2) is 7.30. The molecule has 3 heteroatoms. The molecule has 0 saturated heterocycles. The van der Waals surface area contributed by atoms with Gasteiger partial charge in [-0.05, 0) is 31.7 Å². The van der Waals surface area contributed by atoms with E-state index >= 15 is 0 Å². The zero-order valence-electron chi connectivity index (χ0n) is 11.3. The van der Waals surface area contributed by atoms with Gasteiger partial charge in [-0.3, -0.25) is 0 Å². The molecule has 0 aromatic heterocycles. The summed E-state index contributed by atoms with van der Waals surface area (Å²) in [7, 11) is 0. The average Bonchev–Trinajstić information content (AvgIpc) is 2.59. The first kappa shape index (κ1) is 14.9. The zero-order chi connectivity index (χ0) is 12.7. The minimum atomic E-state index is -2.38. The van der Waals surface area contributed by atoms with Crippen LogP contribution >= 0.6 is 0 Å². The van der Waals surface area contributed by atoms with Crippen molar-refractivity contribution in [2.75, 3.05) is 6.54 Å². The van der Waals surface area contributed by atoms with Gasteiger partial charge < -0.3 is 5.32 Å². The van der Waals surface area contributed by atoms with Crippen LogP contribution in [-0.2, 0) is 0 Å². The molecule has 1 aliphatic carbocycles. The summed E-state index contributed by atoms with van der Waals surface area (Å²) in [6.07, 6.45) is 6.70. The first-order valence-corrected chi connectivity index (χ1v) is 7.18. The Morgan fingerprint density at radius 3 is 2.59 bits per heavy atom. The molecule has 1 aliphatic rings. The molecular weight excluding hydrogens is 220 g/mol. The third-order valence-corrected chi connectivity index (χ3v) is 3.77. The monoisotopic (exact) mass is 247 g/mol. The minimum Gasteiger partial charge on any atom is -0.314 e. The van der Waals surface area contributed by atoms with Crippen LogP contribution in [-0.4, -0.2) is 18.5 Å². The second-order valence-corrected chi connectivity index (χ2v) is 5.45. The van der Waals surface area contributed by atoms with Crippen molar-refractivity contribution in [2.24, 2.45) is 5.92 Å². The Balaban J connectivity index is 2.28. The van der Waals surface area contributed by atoms with E-state index in [9.17, 15) is 8.78 Å². The predicted molar refractivity (Wildman–Crippen MR) is 68.5 cm³/mol. The summed E-state index contributed by atoms with van der Waals surface area (Å²) >= 11 is 0. The summed E-state index contributed by atoms with van der Waals surface area (Å²) in [4.78, 5) is 0. The third kappa shape index (κ3) is 5.80. The van der Waals surface area contributed by atoms with E-state index in [2.05, 4.69) is 19.2 Å². The molecule has 1 fully saturated rings. The summed E-state index contributed by atoms with van der Waals surface area (Å²) in [6.45, 7) is 5.23. The second-order valence-electron chi connectivity index (χ2n) is 5.45. The number of hydrogen-bond acceptors (Lipinski definition) is 1. The third-order valence-electron chi connectivity index (χ3n) is 3.77. The van der Waals surface area contributed by atoms with E-state index in [1.807, 2.05) is 0 Å². The highest BCUT2D eigenvalue weighted by molar-refractivity contribution is 4.84. The fourth-order valence-electron chi connectivity index (χ4n) is 2.88. The molecule has 0 aliphatic heterocycles. The van der Waals surface area contributed by atoms with E-state index in [4.69, 9.17) is 0 Å². The molecular formula is C14H27F2N. The summed E-state index contributed by atoms with van der Waals surface area (Å²) in [5.74, 6) is -2.15. The molecule has 17 heavy (non-hydrogen) atoms. The molecule has 0 radical (unpaired) electrons. The van der Waals surface area contributed by atoms with Crippen LogP contribution in [0.4, 0.5) is 8.78 Å². The molecule has 0 aromatic carbocycles. The number of nitrogens with one attached hydrogen (secondary N) is 1. The van der Waals surface area contributed by atoms with Gasteiger partial charge in [0.2, 0.25) is 5.92 Å². The van der Waals surface area contributed by atoms with E-state index in [-0.39, 0.29) is 18.8 Å². The van der Waals surface area contributed by atoms with E-state index in [0.29, 0.717) is 12.5 Å². The highest BCUT2D eigenvalue weighted by Gasteiger charge is 2.39. The maximum absolute atomic E-state index is 13.1. The molecule has 0 heterocycles. The Morgan fingerprint density at radius 2 is 2.06 bits per heavy atom. The molecule has 1 N–H and O–H groups in total. The van der Waals surface area contributed by atoms with Crippen molar-refractivity contribution in [3.63, 3.8) is 0 Å². The Morgan fingerprint density at radius 1 is 1.29 bits per heavy atom. The van der Waals surface area contributed by atoms with Gasteiger partial charge in [-0.2, -0.15) is 0 Å². The Labute approximate surface area is 104 Å². The first-order valence-electron chi connectivity index (χ1n) is 7.18. The molecule has 1 nitrogen and oxygen atoms in total. The molecule has 0 amide bonds. The van der Waals surface area contributed by atoms with Crippen LogP contribution in [0.3, 0.4) is 0 Å². The Bertz CT molecular complexity index is 206. The van der Waals surface area contributed by atoms with Crippen LogP contribution in [0.1, 0.15) is 65.2 Å². The lowest BCUT2D eigenvalue weighted by Gasteiger charge is -2.21. The molecule has 1 rings (SSSR count). The summed E-state index contributed by atoms with van der Waals surface area (Å²) in [5, 5.41) is 3.45. The normalized spacial score (nSPS) is 25.1. The first-order chi connectivity index (χ1) is 8.07. The summed E-state index contributed by atoms with van der Waals surface area (Å²) < 4.78 is 26.2. The topological polar surface area (TPSA) is 12.0 Å². The van der Waals surface area contributed by atoms with Gasteiger partial charge in [-0.15, -0.1) is 0 Å². The fourth-order valence-corrected chi connectivity index (χ4v) is 2.88. The predicted octanol–water partition coefficient (Wildman–Crippen LogP) is 4.37. The lowest BCUT2D eigenvalue weighted by molar-refractivity contribution is 0.00429. The standard InChI is InChI=1S/C14H27F2N/c1-3-5-6-7-13(17-4-2)10-12-8-9-14(15,16)11-12/h12-13,17H,3-11H2,1-2H3. The maximum Gasteiger partial charge on any atom is 0.248 e. The van der Waals surface area contributed by atoms with Gasteiger partial charge in [-0.25, -0.2) is 8.78 Å². The van der Waals surface area contributed by atoms with Gasteiger partial charge in [0.25, 0.3) is 0 Å². The number of alkyl halides is 2. The van der Waals surface area contributed by atoms with Crippen molar-refractivity contribution in [3.8, 4) is 0 Å². The van der Waals surface area contributed by atoms with Gasteiger partial charge >= 0.3 is 0 Å². The SMILES string of the molecule is CCCCCC(CC1CCC(F)(F)C1)NCC. The van der Waals surface area contributed by atoms with E-state index < -0.39 is 5.92 Å². The highest BCUT2D eigenvalue weighted by atomic mass is 19.3. The molecule has 2 unspecified atom stereocenters. The van der Waals surface area contributed by atoms with Crippen molar-refractivity contribution in [1.82, 2.24) is 5.32 Å². The largest absolute Gasteiger partial charge is 0.314 e. The van der Waals surface area contributed by atoms with Crippen LogP contribution in [0.2, 0.25) is 0 Å². The number of halogens is 2.